The first-order valence-electron chi connectivity index (χ1n) is 2.75. The van der Waals surface area contributed by atoms with Gasteiger partial charge in [0.15, 0.2) is 0 Å². The van der Waals surface area contributed by atoms with Crippen LogP contribution in [0.2, 0.25) is 0 Å². The van der Waals surface area contributed by atoms with Gasteiger partial charge in [-0.2, -0.15) is 13.2 Å². The Morgan fingerprint density at radius 3 is 2.00 bits per heavy atom. The fourth-order valence-corrected chi connectivity index (χ4v) is 0.683. The largest absolute Gasteiger partial charge is 0.406 e. The third-order valence-electron chi connectivity index (χ3n) is 1.03. The lowest BCUT2D eigenvalue weighted by Crippen LogP contribution is -2.16. The Labute approximate surface area is 56.1 Å². The smallest absolute Gasteiger partial charge is 0.345 e. The zero-order chi connectivity index (χ0) is 7.61. The van der Waals surface area contributed by atoms with Crippen LogP contribution in [0.15, 0.2) is 24.5 Å². The fourth-order valence-electron chi connectivity index (χ4n) is 0.683. The second-order valence-corrected chi connectivity index (χ2v) is 1.97. The average Bonchev–Trinajstić information content (AvgIpc) is 2.12. The van der Waals surface area contributed by atoms with E-state index < -0.39 is 12.7 Å². The molecule has 10 heavy (non-hydrogen) atoms. The molecule has 0 aliphatic carbocycles. The van der Waals surface area contributed by atoms with Gasteiger partial charge in [-0.25, -0.2) is 0 Å². The van der Waals surface area contributed by atoms with E-state index in [4.69, 9.17) is 0 Å². The van der Waals surface area contributed by atoms with Gasteiger partial charge in [0.25, 0.3) is 0 Å². The summed E-state index contributed by atoms with van der Waals surface area (Å²) in [4.78, 5) is 0. The van der Waals surface area contributed by atoms with Gasteiger partial charge in [0, 0.05) is 12.4 Å². The maximum atomic E-state index is 11.6. The molecule has 4 heteroatoms. The van der Waals surface area contributed by atoms with Crippen molar-refractivity contribution in [3.05, 3.63) is 24.5 Å². The predicted octanol–water partition coefficient (Wildman–Crippen LogP) is 2.05. The van der Waals surface area contributed by atoms with E-state index in [9.17, 15) is 13.2 Å². The first kappa shape index (κ1) is 7.18. The third kappa shape index (κ3) is 2.13. The molecule has 0 saturated heterocycles. The van der Waals surface area contributed by atoms with E-state index in [1.54, 1.807) is 12.1 Å². The number of hydrogen-bond acceptors (Lipinski definition) is 0. The minimum absolute atomic E-state index is 0.903. The summed E-state index contributed by atoms with van der Waals surface area (Å²) in [5.74, 6) is 0. The van der Waals surface area contributed by atoms with Gasteiger partial charge in [-0.1, -0.05) is 0 Å². The number of nitrogens with zero attached hydrogens (tertiary/aromatic N) is 1. The quantitative estimate of drug-likeness (QED) is 0.575. The Morgan fingerprint density at radius 2 is 1.60 bits per heavy atom. The van der Waals surface area contributed by atoms with Gasteiger partial charge >= 0.3 is 6.18 Å². The summed E-state index contributed by atoms with van der Waals surface area (Å²) in [6, 6.07) is 3.12. The highest BCUT2D eigenvalue weighted by atomic mass is 19.4. The minimum atomic E-state index is -4.11. The van der Waals surface area contributed by atoms with Crippen LogP contribution in [0.1, 0.15) is 0 Å². The Morgan fingerprint density at radius 1 is 1.10 bits per heavy atom. The van der Waals surface area contributed by atoms with E-state index in [1.807, 2.05) is 0 Å². The van der Waals surface area contributed by atoms with Gasteiger partial charge in [-0.05, 0) is 12.1 Å². The molecular formula is C6H6F3N. The molecule has 1 nitrogen and oxygen atoms in total. The summed E-state index contributed by atoms with van der Waals surface area (Å²) < 4.78 is 35.9. The Hall–Kier alpha value is -0.930. The summed E-state index contributed by atoms with van der Waals surface area (Å²) in [5, 5.41) is 0. The molecule has 1 aromatic heterocycles. The number of aromatic nitrogens is 1. The molecule has 0 aliphatic heterocycles. The van der Waals surface area contributed by atoms with E-state index in [0.29, 0.717) is 0 Å². The number of hydrogen-bond donors (Lipinski definition) is 0. The zero-order valence-electron chi connectivity index (χ0n) is 5.10. The molecule has 56 valence electrons. The van der Waals surface area contributed by atoms with E-state index in [-0.39, 0.29) is 0 Å². The van der Waals surface area contributed by atoms with Crippen molar-refractivity contribution in [1.82, 2.24) is 4.57 Å². The SMILES string of the molecule is FC(F)(F)Cn1cccc1. The van der Waals surface area contributed by atoms with Crippen LogP contribution in [0, 0.1) is 0 Å². The highest BCUT2D eigenvalue weighted by Gasteiger charge is 2.26. The molecule has 0 N–H and O–H groups in total. The fraction of sp³-hybridized carbons (Fsp3) is 0.333. The van der Waals surface area contributed by atoms with Crippen LogP contribution in [-0.4, -0.2) is 10.7 Å². The Bertz CT molecular complexity index is 187. The standard InChI is InChI=1S/C6H6F3N/c7-6(8,9)5-10-3-1-2-4-10/h1-4H,5H2. The summed E-state index contributed by atoms with van der Waals surface area (Å²) in [5.41, 5.74) is 0. The summed E-state index contributed by atoms with van der Waals surface area (Å²) in [6.45, 7) is -0.903. The molecule has 0 spiro atoms. The van der Waals surface area contributed by atoms with Gasteiger partial charge in [-0.3, -0.25) is 0 Å². The molecule has 1 rings (SSSR count). The van der Waals surface area contributed by atoms with Crippen molar-refractivity contribution in [2.45, 2.75) is 12.7 Å². The minimum Gasteiger partial charge on any atom is -0.345 e. The Kier molecular flexibility index (Phi) is 1.70. The summed E-state index contributed by atoms with van der Waals surface area (Å²) >= 11 is 0. The van der Waals surface area contributed by atoms with E-state index in [0.717, 1.165) is 4.57 Å². The van der Waals surface area contributed by atoms with Crippen molar-refractivity contribution >= 4 is 0 Å². The second kappa shape index (κ2) is 2.36. The molecule has 1 aromatic rings. The van der Waals surface area contributed by atoms with Crippen LogP contribution in [0.5, 0.6) is 0 Å². The first-order valence-corrected chi connectivity index (χ1v) is 2.75. The van der Waals surface area contributed by atoms with Crippen molar-refractivity contribution < 1.29 is 13.2 Å². The number of rotatable bonds is 1. The van der Waals surface area contributed by atoms with Gasteiger partial charge < -0.3 is 4.57 Å². The molecule has 0 atom stereocenters. The van der Waals surface area contributed by atoms with Gasteiger partial charge in [0.05, 0.1) is 0 Å². The van der Waals surface area contributed by atoms with Crippen LogP contribution in [0.25, 0.3) is 0 Å². The highest BCUT2D eigenvalue weighted by Crippen LogP contribution is 2.16. The average molecular weight is 149 g/mol. The predicted molar refractivity (Wildman–Crippen MR) is 30.5 cm³/mol. The van der Waals surface area contributed by atoms with E-state index >= 15 is 0 Å². The van der Waals surface area contributed by atoms with Crippen LogP contribution in [0.3, 0.4) is 0 Å². The topological polar surface area (TPSA) is 4.93 Å². The maximum absolute atomic E-state index is 11.6. The van der Waals surface area contributed by atoms with Crippen molar-refractivity contribution in [3.8, 4) is 0 Å². The van der Waals surface area contributed by atoms with Crippen molar-refractivity contribution in [1.29, 1.82) is 0 Å². The molecular weight excluding hydrogens is 143 g/mol. The normalized spacial score (nSPS) is 11.9. The molecule has 0 saturated carbocycles. The van der Waals surface area contributed by atoms with Crippen LogP contribution in [0.4, 0.5) is 13.2 Å². The molecule has 0 aliphatic rings. The number of halogens is 3. The summed E-state index contributed by atoms with van der Waals surface area (Å²) in [6.07, 6.45) is -1.35. The zero-order valence-corrected chi connectivity index (χ0v) is 5.10. The van der Waals surface area contributed by atoms with Gasteiger partial charge in [0.1, 0.15) is 6.54 Å². The highest BCUT2D eigenvalue weighted by molar-refractivity contribution is 4.90. The first-order chi connectivity index (χ1) is 4.58. The molecule has 0 radical (unpaired) electrons. The van der Waals surface area contributed by atoms with Crippen LogP contribution < -0.4 is 0 Å². The molecule has 0 aromatic carbocycles. The second-order valence-electron chi connectivity index (χ2n) is 1.97. The number of alkyl halides is 3. The molecule has 0 amide bonds. The summed E-state index contributed by atoms with van der Waals surface area (Å²) in [7, 11) is 0. The lowest BCUT2D eigenvalue weighted by molar-refractivity contribution is -0.140. The van der Waals surface area contributed by atoms with Crippen molar-refractivity contribution in [3.63, 3.8) is 0 Å². The van der Waals surface area contributed by atoms with Gasteiger partial charge in [-0.15, -0.1) is 0 Å². The van der Waals surface area contributed by atoms with Crippen molar-refractivity contribution in [2.75, 3.05) is 0 Å². The molecule has 1 heterocycles. The van der Waals surface area contributed by atoms with E-state index in [1.165, 1.54) is 12.4 Å². The van der Waals surface area contributed by atoms with E-state index in [2.05, 4.69) is 0 Å². The maximum Gasteiger partial charge on any atom is 0.406 e. The lowest BCUT2D eigenvalue weighted by Gasteiger charge is -2.05. The molecule has 0 fully saturated rings. The lowest BCUT2D eigenvalue weighted by atomic mass is 10.6. The molecule has 0 bridgehead atoms. The van der Waals surface area contributed by atoms with Crippen molar-refractivity contribution in [2.24, 2.45) is 0 Å². The molecule has 0 unspecified atom stereocenters. The Balaban J connectivity index is 2.57. The van der Waals surface area contributed by atoms with Gasteiger partial charge in [0.2, 0.25) is 0 Å². The van der Waals surface area contributed by atoms with Crippen LogP contribution >= 0.6 is 0 Å². The third-order valence-corrected chi connectivity index (χ3v) is 1.03. The van der Waals surface area contributed by atoms with Crippen LogP contribution in [-0.2, 0) is 6.54 Å². The monoisotopic (exact) mass is 149 g/mol.